The number of allylic oxidation sites excluding steroid dienone is 3. The molecule has 0 aromatic heterocycles. The highest BCUT2D eigenvalue weighted by Gasteiger charge is 2.46. The van der Waals surface area contributed by atoms with Crippen molar-refractivity contribution in [3.05, 3.63) is 86.8 Å². The molecule has 0 saturated carbocycles. The molecule has 1 atom stereocenters. The molecule has 156 valence electrons. The number of carbonyl (C=O) groups is 1. The van der Waals surface area contributed by atoms with Crippen molar-refractivity contribution < 1.29 is 17.9 Å². The first kappa shape index (κ1) is 20.9. The van der Waals surface area contributed by atoms with Gasteiger partial charge in [0.2, 0.25) is 15.7 Å². The van der Waals surface area contributed by atoms with Gasteiger partial charge in [-0.3, -0.25) is 4.79 Å². The fraction of sp³-hybridized carbons (Fsp3) is 0.261. The largest absolute Gasteiger partial charge is 0.444 e. The Morgan fingerprint density at radius 2 is 1.77 bits per heavy atom. The van der Waals surface area contributed by atoms with E-state index in [1.54, 1.807) is 18.2 Å². The maximum Gasteiger partial charge on any atom is 0.208 e. The van der Waals surface area contributed by atoms with E-state index in [0.717, 1.165) is 4.47 Å². The highest BCUT2D eigenvalue weighted by atomic mass is 79.9. The Morgan fingerprint density at radius 3 is 2.43 bits per heavy atom. The zero-order chi connectivity index (χ0) is 21.7. The van der Waals surface area contributed by atoms with Crippen LogP contribution in [0, 0.1) is 5.41 Å². The van der Waals surface area contributed by atoms with Crippen LogP contribution >= 0.6 is 15.9 Å². The number of hydrogen-bond acceptors (Lipinski definition) is 5. The molecule has 0 amide bonds. The number of rotatable bonds is 3. The zero-order valence-electron chi connectivity index (χ0n) is 16.7. The molecular weight excluding hydrogens is 466 g/mol. The number of ketones is 1. The van der Waals surface area contributed by atoms with E-state index in [-0.39, 0.29) is 26.9 Å². The summed E-state index contributed by atoms with van der Waals surface area (Å²) in [5.74, 6) is -0.640. The highest BCUT2D eigenvalue weighted by molar-refractivity contribution is 9.10. The lowest BCUT2D eigenvalue weighted by molar-refractivity contribution is -0.119. The second-order valence-electron chi connectivity index (χ2n) is 8.41. The van der Waals surface area contributed by atoms with Gasteiger partial charge in [-0.2, -0.15) is 0 Å². The molecule has 1 aliphatic carbocycles. The molecule has 0 fully saturated rings. The van der Waals surface area contributed by atoms with Crippen LogP contribution in [0.25, 0.3) is 0 Å². The number of Topliss-reactive ketones (excluding diaryl/α,β-unsaturated/α-hetero) is 1. The molecule has 30 heavy (non-hydrogen) atoms. The summed E-state index contributed by atoms with van der Waals surface area (Å²) >= 11 is 3.45. The first-order chi connectivity index (χ1) is 14.1. The van der Waals surface area contributed by atoms with Gasteiger partial charge in [-0.15, -0.1) is 0 Å². The van der Waals surface area contributed by atoms with Crippen LogP contribution in [0.2, 0.25) is 0 Å². The molecule has 1 unspecified atom stereocenters. The van der Waals surface area contributed by atoms with Gasteiger partial charge in [0, 0.05) is 22.9 Å². The predicted octanol–water partition coefficient (Wildman–Crippen LogP) is 4.81. The number of halogens is 1. The summed E-state index contributed by atoms with van der Waals surface area (Å²) in [6, 6.07) is 15.4. The summed E-state index contributed by atoms with van der Waals surface area (Å²) in [6.45, 7) is 3.98. The molecule has 0 radical (unpaired) electrons. The number of nitrogens with two attached hydrogens (primary N) is 1. The minimum absolute atomic E-state index is 0.0846. The quantitative estimate of drug-likeness (QED) is 0.671. The molecule has 2 aromatic carbocycles. The summed E-state index contributed by atoms with van der Waals surface area (Å²) in [7, 11) is -4.00. The Kier molecular flexibility index (Phi) is 5.14. The standard InChI is InChI=1S/C23H22BrNO4S/c1-23(2)12-17(26)20-18(13-23)29-22(25)21(19(20)14-7-6-8-15(24)11-14)30(27,28)16-9-4-3-5-10-16/h3-11,19H,12-13,25H2,1-2H3. The van der Waals surface area contributed by atoms with Gasteiger partial charge in [0.25, 0.3) is 0 Å². The maximum absolute atomic E-state index is 13.6. The Hall–Kier alpha value is -2.38. The van der Waals surface area contributed by atoms with Crippen molar-refractivity contribution in [2.24, 2.45) is 11.1 Å². The normalized spacial score (nSPS) is 21.3. The van der Waals surface area contributed by atoms with Gasteiger partial charge >= 0.3 is 0 Å². The molecule has 0 bridgehead atoms. The topological polar surface area (TPSA) is 86.5 Å². The molecule has 2 aliphatic rings. The second kappa shape index (κ2) is 7.39. The molecule has 1 aliphatic heterocycles. The van der Waals surface area contributed by atoms with E-state index >= 15 is 0 Å². The summed E-state index contributed by atoms with van der Waals surface area (Å²) in [5, 5.41) is 0. The zero-order valence-corrected chi connectivity index (χ0v) is 19.1. The van der Waals surface area contributed by atoms with Crippen molar-refractivity contribution in [1.82, 2.24) is 0 Å². The third-order valence-corrected chi connectivity index (χ3v) is 7.83. The predicted molar refractivity (Wildman–Crippen MR) is 118 cm³/mol. The first-order valence-electron chi connectivity index (χ1n) is 9.59. The van der Waals surface area contributed by atoms with Crippen molar-refractivity contribution >= 4 is 31.6 Å². The molecule has 0 spiro atoms. The lowest BCUT2D eigenvalue weighted by Gasteiger charge is -2.38. The lowest BCUT2D eigenvalue weighted by atomic mass is 9.72. The molecule has 5 nitrogen and oxygen atoms in total. The summed E-state index contributed by atoms with van der Waals surface area (Å²) in [6.07, 6.45) is 0.830. The van der Waals surface area contributed by atoms with Gasteiger partial charge in [0.15, 0.2) is 5.78 Å². The van der Waals surface area contributed by atoms with Crippen LogP contribution < -0.4 is 5.73 Å². The number of ether oxygens (including phenoxy) is 1. The van der Waals surface area contributed by atoms with E-state index in [1.165, 1.54) is 12.1 Å². The van der Waals surface area contributed by atoms with E-state index in [9.17, 15) is 13.2 Å². The van der Waals surface area contributed by atoms with Crippen LogP contribution in [0.4, 0.5) is 0 Å². The van der Waals surface area contributed by atoms with E-state index in [2.05, 4.69) is 15.9 Å². The Morgan fingerprint density at radius 1 is 1.07 bits per heavy atom. The third kappa shape index (κ3) is 3.61. The number of hydrogen-bond donors (Lipinski definition) is 1. The van der Waals surface area contributed by atoms with Crippen LogP contribution in [0.15, 0.2) is 86.1 Å². The molecule has 2 aromatic rings. The average molecular weight is 488 g/mol. The average Bonchev–Trinajstić information content (AvgIpc) is 2.66. The second-order valence-corrected chi connectivity index (χ2v) is 11.2. The van der Waals surface area contributed by atoms with Crippen LogP contribution in [0.3, 0.4) is 0 Å². The summed E-state index contributed by atoms with van der Waals surface area (Å²) < 4.78 is 33.8. The van der Waals surface area contributed by atoms with Crippen LogP contribution in [0.1, 0.15) is 38.2 Å². The Bertz CT molecular complexity index is 1200. The SMILES string of the molecule is CC1(C)CC(=O)C2=C(C1)OC(N)=C(S(=O)(=O)c1ccccc1)C2c1cccc(Br)c1. The van der Waals surface area contributed by atoms with Crippen LogP contribution in [0.5, 0.6) is 0 Å². The van der Waals surface area contributed by atoms with Crippen molar-refractivity contribution in [3.63, 3.8) is 0 Å². The monoisotopic (exact) mass is 487 g/mol. The fourth-order valence-electron chi connectivity index (χ4n) is 4.17. The number of sulfone groups is 1. The van der Waals surface area contributed by atoms with Gasteiger partial charge in [-0.1, -0.05) is 60.1 Å². The molecule has 2 N–H and O–H groups in total. The highest BCUT2D eigenvalue weighted by Crippen LogP contribution is 2.50. The van der Waals surface area contributed by atoms with Gasteiger partial charge < -0.3 is 10.5 Å². The maximum atomic E-state index is 13.6. The lowest BCUT2D eigenvalue weighted by Crippen LogP contribution is -2.35. The van der Waals surface area contributed by atoms with Crippen molar-refractivity contribution in [2.45, 2.75) is 37.5 Å². The molecular formula is C23H22BrNO4S. The van der Waals surface area contributed by atoms with Gasteiger partial charge in [-0.25, -0.2) is 8.42 Å². The van der Waals surface area contributed by atoms with Crippen molar-refractivity contribution in [1.29, 1.82) is 0 Å². The number of carbonyl (C=O) groups excluding carboxylic acids is 1. The van der Waals surface area contributed by atoms with Gasteiger partial charge in [0.05, 0.1) is 10.8 Å². The van der Waals surface area contributed by atoms with Crippen LogP contribution in [-0.2, 0) is 19.4 Å². The van der Waals surface area contributed by atoms with Gasteiger partial charge in [-0.05, 0) is 35.2 Å². The Labute approximate surface area is 184 Å². The smallest absolute Gasteiger partial charge is 0.208 e. The minimum Gasteiger partial charge on any atom is -0.444 e. The molecule has 4 rings (SSSR count). The molecule has 7 heteroatoms. The summed E-state index contributed by atoms with van der Waals surface area (Å²) in [5.41, 5.74) is 7.00. The Balaban J connectivity index is 1.97. The van der Waals surface area contributed by atoms with Crippen molar-refractivity contribution in [2.75, 3.05) is 0 Å². The fourth-order valence-corrected chi connectivity index (χ4v) is 6.22. The molecule has 1 heterocycles. The third-order valence-electron chi connectivity index (χ3n) is 5.43. The van der Waals surface area contributed by atoms with E-state index in [1.807, 2.05) is 38.1 Å². The van der Waals surface area contributed by atoms with E-state index in [0.29, 0.717) is 29.7 Å². The van der Waals surface area contributed by atoms with E-state index < -0.39 is 15.8 Å². The minimum atomic E-state index is -4.00. The number of benzene rings is 2. The molecule has 0 saturated heterocycles. The summed E-state index contributed by atoms with van der Waals surface area (Å²) in [4.78, 5) is 13.2. The van der Waals surface area contributed by atoms with Gasteiger partial charge in [0.1, 0.15) is 10.7 Å². The van der Waals surface area contributed by atoms with Crippen LogP contribution in [-0.4, -0.2) is 14.2 Å². The van der Waals surface area contributed by atoms with Crippen molar-refractivity contribution in [3.8, 4) is 0 Å². The first-order valence-corrected chi connectivity index (χ1v) is 11.9. The van der Waals surface area contributed by atoms with E-state index in [4.69, 9.17) is 10.5 Å².